The number of benzene rings is 2. The van der Waals surface area contributed by atoms with Crippen molar-refractivity contribution < 1.29 is 23.5 Å². The van der Waals surface area contributed by atoms with E-state index < -0.39 is 11.9 Å². The molecule has 1 heterocycles. The van der Waals surface area contributed by atoms with Gasteiger partial charge >= 0.3 is 5.97 Å². The predicted molar refractivity (Wildman–Crippen MR) is 123 cm³/mol. The van der Waals surface area contributed by atoms with E-state index >= 15 is 0 Å². The van der Waals surface area contributed by atoms with Gasteiger partial charge in [0, 0.05) is 15.4 Å². The first-order valence-electron chi connectivity index (χ1n) is 9.68. The first-order chi connectivity index (χ1) is 14.9. The van der Waals surface area contributed by atoms with Crippen LogP contribution in [-0.2, 0) is 16.0 Å². The SMILES string of the molecule is CCOC(=O)c1c(-c2ccc(F)cc2)csc1NC(=O)COc1ccc(Br)cc1CC. The van der Waals surface area contributed by atoms with Crippen molar-refractivity contribution in [2.45, 2.75) is 20.3 Å². The number of amides is 1. The van der Waals surface area contributed by atoms with E-state index in [-0.39, 0.29) is 24.6 Å². The fraction of sp³-hybridized carbons (Fsp3) is 0.217. The van der Waals surface area contributed by atoms with Crippen molar-refractivity contribution in [2.24, 2.45) is 0 Å². The molecule has 0 radical (unpaired) electrons. The molecule has 0 atom stereocenters. The molecule has 0 fully saturated rings. The molecule has 0 saturated carbocycles. The molecule has 1 N–H and O–H groups in total. The molecule has 0 aliphatic rings. The summed E-state index contributed by atoms with van der Waals surface area (Å²) in [6.45, 7) is 3.69. The number of halogens is 2. The van der Waals surface area contributed by atoms with Gasteiger partial charge in [0.2, 0.25) is 0 Å². The highest BCUT2D eigenvalue weighted by molar-refractivity contribution is 9.10. The zero-order chi connectivity index (χ0) is 22.4. The third kappa shape index (κ3) is 5.71. The fourth-order valence-corrected chi connectivity index (χ4v) is 4.35. The second-order valence-electron chi connectivity index (χ2n) is 6.52. The summed E-state index contributed by atoms with van der Waals surface area (Å²) in [6.07, 6.45) is 0.759. The highest BCUT2D eigenvalue weighted by Gasteiger charge is 2.23. The van der Waals surface area contributed by atoms with Gasteiger partial charge in [0.15, 0.2) is 6.61 Å². The van der Waals surface area contributed by atoms with E-state index in [0.717, 1.165) is 16.5 Å². The van der Waals surface area contributed by atoms with E-state index in [1.165, 1.54) is 23.5 Å². The van der Waals surface area contributed by atoms with Crippen molar-refractivity contribution in [1.82, 2.24) is 0 Å². The number of carbonyl (C=O) groups is 2. The largest absolute Gasteiger partial charge is 0.483 e. The molecule has 0 aliphatic carbocycles. The molecule has 5 nitrogen and oxygen atoms in total. The summed E-state index contributed by atoms with van der Waals surface area (Å²) in [7, 11) is 0. The molecule has 3 aromatic rings. The van der Waals surface area contributed by atoms with Crippen LogP contribution in [0.15, 0.2) is 52.3 Å². The summed E-state index contributed by atoms with van der Waals surface area (Å²) in [5.74, 6) is -0.699. The zero-order valence-corrected chi connectivity index (χ0v) is 19.4. The Labute approximate surface area is 192 Å². The van der Waals surface area contributed by atoms with E-state index in [0.29, 0.717) is 21.9 Å². The number of aryl methyl sites for hydroxylation is 1. The summed E-state index contributed by atoms with van der Waals surface area (Å²) in [6, 6.07) is 11.4. The van der Waals surface area contributed by atoms with Crippen LogP contribution < -0.4 is 10.1 Å². The molecule has 0 saturated heterocycles. The maximum absolute atomic E-state index is 13.3. The third-order valence-corrected chi connectivity index (χ3v) is 5.83. The number of carbonyl (C=O) groups excluding carboxylic acids is 2. The van der Waals surface area contributed by atoms with Gasteiger partial charge in [-0.25, -0.2) is 9.18 Å². The van der Waals surface area contributed by atoms with Crippen molar-refractivity contribution in [1.29, 1.82) is 0 Å². The lowest BCUT2D eigenvalue weighted by Crippen LogP contribution is -2.21. The van der Waals surface area contributed by atoms with Crippen LogP contribution in [0.3, 0.4) is 0 Å². The molecule has 3 rings (SSSR count). The Hall–Kier alpha value is -2.71. The van der Waals surface area contributed by atoms with Crippen molar-refractivity contribution in [3.05, 3.63) is 69.3 Å². The zero-order valence-electron chi connectivity index (χ0n) is 17.0. The molecule has 1 aromatic heterocycles. The van der Waals surface area contributed by atoms with Crippen LogP contribution in [-0.4, -0.2) is 25.1 Å². The van der Waals surface area contributed by atoms with Gasteiger partial charge < -0.3 is 14.8 Å². The molecule has 162 valence electrons. The maximum Gasteiger partial charge on any atom is 0.341 e. The van der Waals surface area contributed by atoms with Gasteiger partial charge in [0.25, 0.3) is 5.91 Å². The van der Waals surface area contributed by atoms with Crippen molar-refractivity contribution in [3.63, 3.8) is 0 Å². The topological polar surface area (TPSA) is 64.6 Å². The predicted octanol–water partition coefficient (Wildman–Crippen LogP) is 6.07. The number of thiophene rings is 1. The monoisotopic (exact) mass is 505 g/mol. The number of hydrogen-bond donors (Lipinski definition) is 1. The lowest BCUT2D eigenvalue weighted by molar-refractivity contribution is -0.118. The van der Waals surface area contributed by atoms with Gasteiger partial charge in [0.05, 0.1) is 6.61 Å². The van der Waals surface area contributed by atoms with Crippen LogP contribution in [0.1, 0.15) is 29.8 Å². The fourth-order valence-electron chi connectivity index (χ4n) is 2.97. The number of rotatable bonds is 8. The number of esters is 1. The minimum Gasteiger partial charge on any atom is -0.483 e. The van der Waals surface area contributed by atoms with E-state index in [9.17, 15) is 14.0 Å². The first-order valence-corrected chi connectivity index (χ1v) is 11.4. The Bertz CT molecular complexity index is 1080. The molecular formula is C23H21BrFNO4S. The van der Waals surface area contributed by atoms with Crippen LogP contribution in [0.2, 0.25) is 0 Å². The highest BCUT2D eigenvalue weighted by Crippen LogP contribution is 2.36. The Kier molecular flexibility index (Phi) is 7.81. The third-order valence-electron chi connectivity index (χ3n) is 4.44. The minimum absolute atomic E-state index is 0.192. The summed E-state index contributed by atoms with van der Waals surface area (Å²) < 4.78 is 25.1. The summed E-state index contributed by atoms with van der Waals surface area (Å²) in [4.78, 5) is 25.1. The molecule has 31 heavy (non-hydrogen) atoms. The van der Waals surface area contributed by atoms with Crippen molar-refractivity contribution in [2.75, 3.05) is 18.5 Å². The number of ether oxygens (including phenoxy) is 2. The Balaban J connectivity index is 1.79. The first kappa shape index (κ1) is 23.0. The normalized spacial score (nSPS) is 10.6. The second kappa shape index (κ2) is 10.5. The molecule has 2 aromatic carbocycles. The molecule has 0 bridgehead atoms. The van der Waals surface area contributed by atoms with Gasteiger partial charge in [0.1, 0.15) is 22.1 Å². The van der Waals surface area contributed by atoms with Crippen LogP contribution >= 0.6 is 27.3 Å². The quantitative estimate of drug-likeness (QED) is 0.377. The average Bonchev–Trinajstić information content (AvgIpc) is 3.17. The van der Waals surface area contributed by atoms with Gasteiger partial charge in [-0.3, -0.25) is 4.79 Å². The molecule has 1 amide bonds. The molecule has 0 aliphatic heterocycles. The van der Waals surface area contributed by atoms with Crippen LogP contribution in [0, 0.1) is 5.82 Å². The smallest absolute Gasteiger partial charge is 0.341 e. The Morgan fingerprint density at radius 1 is 1.13 bits per heavy atom. The van der Waals surface area contributed by atoms with Crippen LogP contribution in [0.25, 0.3) is 11.1 Å². The molecule has 8 heteroatoms. The molecule has 0 unspecified atom stereocenters. The highest BCUT2D eigenvalue weighted by atomic mass is 79.9. The Morgan fingerprint density at radius 2 is 1.87 bits per heavy atom. The number of anilines is 1. The van der Waals surface area contributed by atoms with Gasteiger partial charge in [-0.15, -0.1) is 11.3 Å². The minimum atomic E-state index is -0.555. The van der Waals surface area contributed by atoms with Gasteiger partial charge in [-0.1, -0.05) is 35.0 Å². The maximum atomic E-state index is 13.3. The van der Waals surface area contributed by atoms with Crippen LogP contribution in [0.4, 0.5) is 9.39 Å². The second-order valence-corrected chi connectivity index (χ2v) is 8.32. The summed E-state index contributed by atoms with van der Waals surface area (Å²) in [5, 5.41) is 4.84. The lowest BCUT2D eigenvalue weighted by atomic mass is 10.0. The van der Waals surface area contributed by atoms with E-state index in [2.05, 4.69) is 21.2 Å². The molecular weight excluding hydrogens is 485 g/mol. The van der Waals surface area contributed by atoms with Crippen molar-refractivity contribution >= 4 is 44.1 Å². The number of hydrogen-bond acceptors (Lipinski definition) is 5. The van der Waals surface area contributed by atoms with E-state index in [4.69, 9.17) is 9.47 Å². The summed E-state index contributed by atoms with van der Waals surface area (Å²) in [5.41, 5.74) is 2.44. The lowest BCUT2D eigenvalue weighted by Gasteiger charge is -2.12. The van der Waals surface area contributed by atoms with Gasteiger partial charge in [-0.2, -0.15) is 0 Å². The standard InChI is InChI=1S/C23H21BrFNO4S/c1-3-14-11-16(24)7-10-19(14)30-12-20(27)26-22-21(23(28)29-4-2)18(13-31-22)15-5-8-17(25)9-6-15/h5-11,13H,3-4,12H2,1-2H3,(H,26,27). The number of nitrogens with one attached hydrogen (secondary N) is 1. The average molecular weight is 506 g/mol. The Morgan fingerprint density at radius 3 is 2.55 bits per heavy atom. The van der Waals surface area contributed by atoms with Crippen LogP contribution in [0.5, 0.6) is 5.75 Å². The molecule has 0 spiro atoms. The van der Waals surface area contributed by atoms with E-state index in [1.807, 2.05) is 19.1 Å². The van der Waals surface area contributed by atoms with Gasteiger partial charge in [-0.05, 0) is 54.8 Å². The van der Waals surface area contributed by atoms with E-state index in [1.54, 1.807) is 30.5 Å². The van der Waals surface area contributed by atoms with Crippen molar-refractivity contribution in [3.8, 4) is 16.9 Å². The summed E-state index contributed by atoms with van der Waals surface area (Å²) >= 11 is 4.62.